The molecule has 0 saturated carbocycles. The summed E-state index contributed by atoms with van der Waals surface area (Å²) < 4.78 is 11.2. The van der Waals surface area contributed by atoms with Crippen molar-refractivity contribution < 1.29 is 9.15 Å². The van der Waals surface area contributed by atoms with Crippen LogP contribution in [0.5, 0.6) is 5.75 Å². The van der Waals surface area contributed by atoms with E-state index in [9.17, 15) is 4.79 Å². The average molecular weight is 364 g/mol. The summed E-state index contributed by atoms with van der Waals surface area (Å²) in [6.45, 7) is 5.97. The van der Waals surface area contributed by atoms with E-state index in [1.54, 1.807) is 12.1 Å². The molecule has 0 atom stereocenters. The van der Waals surface area contributed by atoms with Crippen LogP contribution in [0.25, 0.3) is 11.0 Å². The monoisotopic (exact) mass is 364 g/mol. The highest BCUT2D eigenvalue weighted by Gasteiger charge is 2.16. The molecule has 0 aliphatic carbocycles. The lowest BCUT2D eigenvalue weighted by Gasteiger charge is -2.36. The van der Waals surface area contributed by atoms with Crippen molar-refractivity contribution in [2.24, 2.45) is 0 Å². The number of fused-ring (bicyclic) bond motifs is 1. The van der Waals surface area contributed by atoms with Gasteiger partial charge in [-0.1, -0.05) is 18.2 Å². The highest BCUT2D eigenvalue weighted by Crippen LogP contribution is 2.19. The Morgan fingerprint density at radius 2 is 1.78 bits per heavy atom. The normalized spacial score (nSPS) is 15.2. The molecule has 0 unspecified atom stereocenters. The Morgan fingerprint density at radius 3 is 2.59 bits per heavy atom. The number of hydrogen-bond donors (Lipinski definition) is 0. The van der Waals surface area contributed by atoms with Crippen LogP contribution in [0.3, 0.4) is 0 Å². The molecule has 4 rings (SSSR count). The third-order valence-electron chi connectivity index (χ3n) is 5.01. The minimum atomic E-state index is -0.0301. The van der Waals surface area contributed by atoms with Gasteiger partial charge in [0, 0.05) is 50.5 Å². The van der Waals surface area contributed by atoms with Gasteiger partial charge in [0.15, 0.2) is 5.43 Å². The van der Waals surface area contributed by atoms with Crippen LogP contribution in [0.15, 0.2) is 70.1 Å². The van der Waals surface area contributed by atoms with E-state index in [-0.39, 0.29) is 5.43 Å². The minimum absolute atomic E-state index is 0.0301. The standard InChI is InChI=1S/C22H24N2O3/c25-21-9-16-27-22-17-19(7-8-20(21)22)26-15-4-10-23-11-13-24(14-12-23)18-5-2-1-3-6-18/h1-3,5-9,16-17H,4,10-15H2. The van der Waals surface area contributed by atoms with Crippen LogP contribution in [-0.4, -0.2) is 44.2 Å². The van der Waals surface area contributed by atoms with E-state index in [0.717, 1.165) is 44.9 Å². The van der Waals surface area contributed by atoms with Crippen molar-refractivity contribution in [3.63, 3.8) is 0 Å². The lowest BCUT2D eigenvalue weighted by atomic mass is 10.2. The maximum absolute atomic E-state index is 11.7. The van der Waals surface area contributed by atoms with E-state index >= 15 is 0 Å². The zero-order valence-electron chi connectivity index (χ0n) is 15.3. The molecule has 1 aliphatic heterocycles. The molecular formula is C22H24N2O3. The van der Waals surface area contributed by atoms with E-state index in [4.69, 9.17) is 9.15 Å². The van der Waals surface area contributed by atoms with Gasteiger partial charge >= 0.3 is 0 Å². The molecule has 27 heavy (non-hydrogen) atoms. The predicted octanol–water partition coefficient (Wildman–Crippen LogP) is 3.38. The van der Waals surface area contributed by atoms with Crippen LogP contribution in [0.4, 0.5) is 5.69 Å². The predicted molar refractivity (Wildman–Crippen MR) is 108 cm³/mol. The molecule has 5 heteroatoms. The number of benzene rings is 2. The maximum Gasteiger partial charge on any atom is 0.192 e. The number of hydrogen-bond acceptors (Lipinski definition) is 5. The Labute approximate surface area is 158 Å². The Kier molecular flexibility index (Phi) is 5.39. The van der Waals surface area contributed by atoms with Gasteiger partial charge in [0.2, 0.25) is 0 Å². The van der Waals surface area contributed by atoms with Crippen LogP contribution in [0.2, 0.25) is 0 Å². The molecule has 140 valence electrons. The van der Waals surface area contributed by atoms with Crippen LogP contribution >= 0.6 is 0 Å². The second kappa shape index (κ2) is 8.27. The molecule has 5 nitrogen and oxygen atoms in total. The quantitative estimate of drug-likeness (QED) is 0.628. The van der Waals surface area contributed by atoms with Crippen LogP contribution in [0.1, 0.15) is 6.42 Å². The van der Waals surface area contributed by atoms with E-state index < -0.39 is 0 Å². The van der Waals surface area contributed by atoms with Crippen LogP contribution in [0, 0.1) is 0 Å². The molecule has 0 bridgehead atoms. The van der Waals surface area contributed by atoms with Crippen molar-refractivity contribution >= 4 is 16.7 Å². The molecule has 1 aromatic heterocycles. The first-order valence-corrected chi connectivity index (χ1v) is 9.46. The Balaban J connectivity index is 1.21. The highest BCUT2D eigenvalue weighted by molar-refractivity contribution is 5.77. The third-order valence-corrected chi connectivity index (χ3v) is 5.01. The van der Waals surface area contributed by atoms with Crippen molar-refractivity contribution in [3.05, 3.63) is 71.1 Å². The number of piperazine rings is 1. The smallest absolute Gasteiger partial charge is 0.192 e. The van der Waals surface area contributed by atoms with Crippen molar-refractivity contribution in [2.45, 2.75) is 6.42 Å². The number of ether oxygens (including phenoxy) is 1. The highest BCUT2D eigenvalue weighted by atomic mass is 16.5. The van der Waals surface area contributed by atoms with E-state index in [0.29, 0.717) is 17.6 Å². The Morgan fingerprint density at radius 1 is 0.963 bits per heavy atom. The summed E-state index contributed by atoms with van der Waals surface area (Å²) in [6.07, 6.45) is 2.39. The van der Waals surface area contributed by atoms with Gasteiger partial charge < -0.3 is 14.1 Å². The van der Waals surface area contributed by atoms with Crippen molar-refractivity contribution in [1.82, 2.24) is 4.90 Å². The number of rotatable bonds is 6. The fourth-order valence-corrected chi connectivity index (χ4v) is 3.50. The molecule has 0 amide bonds. The lowest BCUT2D eigenvalue weighted by molar-refractivity contribution is 0.225. The molecule has 0 spiro atoms. The second-order valence-corrected chi connectivity index (χ2v) is 6.81. The first-order valence-electron chi connectivity index (χ1n) is 9.46. The summed E-state index contributed by atoms with van der Waals surface area (Å²) in [6, 6.07) is 17.4. The van der Waals surface area contributed by atoms with Crippen molar-refractivity contribution in [3.8, 4) is 5.75 Å². The van der Waals surface area contributed by atoms with Gasteiger partial charge in [-0.15, -0.1) is 0 Å². The van der Waals surface area contributed by atoms with Crippen LogP contribution < -0.4 is 15.1 Å². The Bertz CT molecular complexity index is 931. The molecule has 2 heterocycles. The third kappa shape index (κ3) is 4.31. The summed E-state index contributed by atoms with van der Waals surface area (Å²) in [5, 5.41) is 0.584. The summed E-state index contributed by atoms with van der Waals surface area (Å²) in [7, 11) is 0. The molecule has 1 saturated heterocycles. The summed E-state index contributed by atoms with van der Waals surface area (Å²) in [5.41, 5.74) is 1.85. The number of para-hydroxylation sites is 1. The molecule has 3 aromatic rings. The largest absolute Gasteiger partial charge is 0.493 e. The summed E-state index contributed by atoms with van der Waals surface area (Å²) in [4.78, 5) is 16.7. The van der Waals surface area contributed by atoms with Crippen molar-refractivity contribution in [2.75, 3.05) is 44.2 Å². The molecule has 0 radical (unpaired) electrons. The summed E-state index contributed by atoms with van der Waals surface area (Å²) in [5.74, 6) is 0.741. The van der Waals surface area contributed by atoms with E-state index in [1.807, 2.05) is 6.07 Å². The van der Waals surface area contributed by atoms with Crippen LogP contribution in [-0.2, 0) is 0 Å². The van der Waals surface area contributed by atoms with Gasteiger partial charge in [-0.3, -0.25) is 9.69 Å². The number of anilines is 1. The van der Waals surface area contributed by atoms with E-state index in [2.05, 4.69) is 40.1 Å². The zero-order chi connectivity index (χ0) is 18.5. The van der Waals surface area contributed by atoms with Gasteiger partial charge in [-0.2, -0.15) is 0 Å². The van der Waals surface area contributed by atoms with E-state index in [1.165, 1.54) is 18.0 Å². The maximum atomic E-state index is 11.7. The molecule has 1 aliphatic rings. The minimum Gasteiger partial charge on any atom is -0.493 e. The molecular weight excluding hydrogens is 340 g/mol. The van der Waals surface area contributed by atoms with Gasteiger partial charge in [0.05, 0.1) is 18.3 Å². The van der Waals surface area contributed by atoms with Gasteiger partial charge in [-0.25, -0.2) is 0 Å². The first-order chi connectivity index (χ1) is 13.3. The van der Waals surface area contributed by atoms with Gasteiger partial charge in [0.1, 0.15) is 11.3 Å². The first kappa shape index (κ1) is 17.6. The van der Waals surface area contributed by atoms with Gasteiger partial charge in [-0.05, 0) is 30.7 Å². The number of nitrogens with zero attached hydrogens (tertiary/aromatic N) is 2. The molecule has 1 fully saturated rings. The Hall–Kier alpha value is -2.79. The fraction of sp³-hybridized carbons (Fsp3) is 0.318. The van der Waals surface area contributed by atoms with Crippen molar-refractivity contribution in [1.29, 1.82) is 0 Å². The van der Waals surface area contributed by atoms with Gasteiger partial charge in [0.25, 0.3) is 0 Å². The SMILES string of the molecule is O=c1ccoc2cc(OCCCN3CCN(c4ccccc4)CC3)ccc12. The summed E-state index contributed by atoms with van der Waals surface area (Å²) >= 11 is 0. The second-order valence-electron chi connectivity index (χ2n) is 6.81. The molecule has 2 aromatic carbocycles. The zero-order valence-corrected chi connectivity index (χ0v) is 15.3. The fourth-order valence-electron chi connectivity index (χ4n) is 3.50. The molecule has 0 N–H and O–H groups in total. The average Bonchev–Trinajstić information content (AvgIpc) is 2.72. The lowest BCUT2D eigenvalue weighted by Crippen LogP contribution is -2.46. The topological polar surface area (TPSA) is 45.9 Å².